The van der Waals surface area contributed by atoms with Crippen LogP contribution in [0.15, 0.2) is 60.2 Å². The zero-order valence-corrected chi connectivity index (χ0v) is 14.7. The van der Waals surface area contributed by atoms with Crippen LogP contribution in [0.4, 0.5) is 5.69 Å². The van der Waals surface area contributed by atoms with Gasteiger partial charge < -0.3 is 14.8 Å². The Balaban J connectivity index is 2.05. The van der Waals surface area contributed by atoms with Crippen LogP contribution in [0.2, 0.25) is 5.02 Å². The maximum Gasteiger partial charge on any atom is 0.331 e. The quantitative estimate of drug-likeness (QED) is 0.605. The number of anilines is 1. The van der Waals surface area contributed by atoms with Gasteiger partial charge in [0, 0.05) is 11.1 Å². The minimum Gasteiger partial charge on any atom is -0.455 e. The van der Waals surface area contributed by atoms with Crippen molar-refractivity contribution in [3.05, 3.63) is 65.2 Å². The van der Waals surface area contributed by atoms with Crippen molar-refractivity contribution >= 4 is 29.2 Å². The standard InChI is InChI=1S/C19H18ClNO4/c1-13(2)10-19(23)24-12-18(22)21-16-11-14(20)8-9-17(16)25-15-6-4-3-5-7-15/h3-11H,12H2,1-2H3,(H,21,22). The third-order valence-corrected chi connectivity index (χ3v) is 3.17. The highest BCUT2D eigenvalue weighted by molar-refractivity contribution is 6.31. The molecule has 1 N–H and O–H groups in total. The molecule has 2 aromatic rings. The number of allylic oxidation sites excluding steroid dienone is 1. The number of carbonyl (C=O) groups excluding carboxylic acids is 2. The second-order valence-corrected chi connectivity index (χ2v) is 5.87. The molecule has 0 bridgehead atoms. The van der Waals surface area contributed by atoms with E-state index in [1.54, 1.807) is 44.2 Å². The van der Waals surface area contributed by atoms with Crippen LogP contribution in [-0.4, -0.2) is 18.5 Å². The van der Waals surface area contributed by atoms with Gasteiger partial charge in [-0.2, -0.15) is 0 Å². The van der Waals surface area contributed by atoms with Gasteiger partial charge in [0.2, 0.25) is 0 Å². The SMILES string of the molecule is CC(C)=CC(=O)OCC(=O)Nc1cc(Cl)ccc1Oc1ccccc1. The van der Waals surface area contributed by atoms with Crippen LogP contribution in [-0.2, 0) is 14.3 Å². The highest BCUT2D eigenvalue weighted by atomic mass is 35.5. The molecular weight excluding hydrogens is 342 g/mol. The third-order valence-electron chi connectivity index (χ3n) is 2.94. The van der Waals surface area contributed by atoms with E-state index in [9.17, 15) is 9.59 Å². The number of hydrogen-bond donors (Lipinski definition) is 1. The van der Waals surface area contributed by atoms with Crippen LogP contribution in [0, 0.1) is 0 Å². The summed E-state index contributed by atoms with van der Waals surface area (Å²) in [5, 5.41) is 3.08. The molecular formula is C19H18ClNO4. The average molecular weight is 360 g/mol. The number of benzene rings is 2. The van der Waals surface area contributed by atoms with E-state index >= 15 is 0 Å². The number of carbonyl (C=O) groups is 2. The van der Waals surface area contributed by atoms with Gasteiger partial charge >= 0.3 is 5.97 Å². The summed E-state index contributed by atoms with van der Waals surface area (Å²) in [4.78, 5) is 23.5. The van der Waals surface area contributed by atoms with E-state index in [1.807, 2.05) is 18.2 Å². The molecule has 0 spiro atoms. The Hall–Kier alpha value is -2.79. The molecule has 0 aliphatic rings. The first-order chi connectivity index (χ1) is 11.9. The lowest BCUT2D eigenvalue weighted by Crippen LogP contribution is -2.20. The molecule has 2 rings (SSSR count). The van der Waals surface area contributed by atoms with Gasteiger partial charge in [0.25, 0.3) is 5.91 Å². The van der Waals surface area contributed by atoms with Crippen LogP contribution < -0.4 is 10.1 Å². The largest absolute Gasteiger partial charge is 0.455 e. The highest BCUT2D eigenvalue weighted by Gasteiger charge is 2.11. The third kappa shape index (κ3) is 6.31. The molecule has 5 nitrogen and oxygen atoms in total. The fourth-order valence-corrected chi connectivity index (χ4v) is 2.08. The number of para-hydroxylation sites is 1. The molecule has 0 radical (unpaired) electrons. The minimum absolute atomic E-state index is 0.389. The number of halogens is 1. The number of nitrogens with one attached hydrogen (secondary N) is 1. The van der Waals surface area contributed by atoms with Crippen molar-refractivity contribution in [3.8, 4) is 11.5 Å². The number of amides is 1. The second kappa shape index (κ2) is 8.89. The molecule has 25 heavy (non-hydrogen) atoms. The molecule has 2 aromatic carbocycles. The van der Waals surface area contributed by atoms with E-state index in [4.69, 9.17) is 21.1 Å². The molecule has 0 saturated carbocycles. The molecule has 0 aliphatic heterocycles. The lowest BCUT2D eigenvalue weighted by atomic mass is 10.2. The molecule has 0 aliphatic carbocycles. The first kappa shape index (κ1) is 18.5. The Labute approximate surface area is 151 Å². The maximum absolute atomic E-state index is 12.0. The van der Waals surface area contributed by atoms with Crippen molar-refractivity contribution in [3.63, 3.8) is 0 Å². The molecule has 0 aromatic heterocycles. The van der Waals surface area contributed by atoms with Crippen molar-refractivity contribution in [1.82, 2.24) is 0 Å². The molecule has 0 unspecified atom stereocenters. The first-order valence-electron chi connectivity index (χ1n) is 7.58. The molecule has 0 saturated heterocycles. The lowest BCUT2D eigenvalue weighted by Gasteiger charge is -2.12. The van der Waals surface area contributed by atoms with Gasteiger partial charge in [-0.1, -0.05) is 35.4 Å². The van der Waals surface area contributed by atoms with Crippen molar-refractivity contribution in [1.29, 1.82) is 0 Å². The molecule has 0 fully saturated rings. The van der Waals surface area contributed by atoms with Crippen LogP contribution in [0.5, 0.6) is 11.5 Å². The highest BCUT2D eigenvalue weighted by Crippen LogP contribution is 2.31. The average Bonchev–Trinajstić information content (AvgIpc) is 2.56. The second-order valence-electron chi connectivity index (χ2n) is 5.43. The Morgan fingerprint density at radius 2 is 1.84 bits per heavy atom. The van der Waals surface area contributed by atoms with E-state index in [2.05, 4.69) is 5.32 Å². The Morgan fingerprint density at radius 1 is 1.12 bits per heavy atom. The molecule has 0 atom stereocenters. The van der Waals surface area contributed by atoms with Crippen LogP contribution in [0.1, 0.15) is 13.8 Å². The van der Waals surface area contributed by atoms with Gasteiger partial charge in [0.15, 0.2) is 12.4 Å². The monoisotopic (exact) mass is 359 g/mol. The van der Waals surface area contributed by atoms with E-state index in [0.717, 1.165) is 5.57 Å². The van der Waals surface area contributed by atoms with Gasteiger partial charge in [0.1, 0.15) is 5.75 Å². The van der Waals surface area contributed by atoms with Crippen molar-refractivity contribution < 1.29 is 19.1 Å². The summed E-state index contributed by atoms with van der Waals surface area (Å²) in [6.45, 7) is 3.13. The van der Waals surface area contributed by atoms with Crippen LogP contribution in [0.25, 0.3) is 0 Å². The maximum atomic E-state index is 12.0. The molecule has 6 heteroatoms. The van der Waals surface area contributed by atoms with Gasteiger partial charge in [-0.25, -0.2) is 4.79 Å². The van der Waals surface area contributed by atoms with E-state index in [-0.39, 0.29) is 0 Å². The van der Waals surface area contributed by atoms with E-state index in [0.29, 0.717) is 22.2 Å². The number of ether oxygens (including phenoxy) is 2. The smallest absolute Gasteiger partial charge is 0.331 e. The van der Waals surface area contributed by atoms with Crippen LogP contribution in [0.3, 0.4) is 0 Å². The summed E-state index contributed by atoms with van der Waals surface area (Å²) in [6.07, 6.45) is 1.32. The van der Waals surface area contributed by atoms with Gasteiger partial charge in [-0.15, -0.1) is 0 Å². The summed E-state index contributed by atoms with van der Waals surface area (Å²) in [7, 11) is 0. The summed E-state index contributed by atoms with van der Waals surface area (Å²) in [5.74, 6) is -0.00688. The van der Waals surface area contributed by atoms with E-state index < -0.39 is 18.5 Å². The topological polar surface area (TPSA) is 64.6 Å². The minimum atomic E-state index is -0.568. The first-order valence-corrected chi connectivity index (χ1v) is 7.96. The molecule has 130 valence electrons. The van der Waals surface area contributed by atoms with Gasteiger partial charge in [0.05, 0.1) is 5.69 Å². The van der Waals surface area contributed by atoms with Crippen molar-refractivity contribution in [2.45, 2.75) is 13.8 Å². The summed E-state index contributed by atoms with van der Waals surface area (Å²) in [5.41, 5.74) is 1.18. The molecule has 1 amide bonds. The fraction of sp³-hybridized carbons (Fsp3) is 0.158. The predicted molar refractivity (Wildman–Crippen MR) is 97.0 cm³/mol. The summed E-state index contributed by atoms with van der Waals surface area (Å²) >= 11 is 5.99. The lowest BCUT2D eigenvalue weighted by molar-refractivity contribution is -0.142. The normalized spacial score (nSPS) is 9.88. The van der Waals surface area contributed by atoms with Crippen LogP contribution >= 0.6 is 11.6 Å². The van der Waals surface area contributed by atoms with E-state index in [1.165, 1.54) is 6.08 Å². The Morgan fingerprint density at radius 3 is 2.52 bits per heavy atom. The fourth-order valence-electron chi connectivity index (χ4n) is 1.90. The number of rotatable bonds is 6. The van der Waals surface area contributed by atoms with Crippen molar-refractivity contribution in [2.24, 2.45) is 0 Å². The Bertz CT molecular complexity index is 783. The molecule has 0 heterocycles. The Kier molecular flexibility index (Phi) is 6.60. The summed E-state index contributed by atoms with van der Waals surface area (Å²) in [6, 6.07) is 14.0. The number of esters is 1. The van der Waals surface area contributed by atoms with Gasteiger partial charge in [-0.05, 0) is 44.2 Å². The predicted octanol–water partition coefficient (Wildman–Crippen LogP) is 4.58. The number of hydrogen-bond acceptors (Lipinski definition) is 4. The van der Waals surface area contributed by atoms with Gasteiger partial charge in [-0.3, -0.25) is 4.79 Å². The summed E-state index contributed by atoms with van der Waals surface area (Å²) < 4.78 is 10.6. The van der Waals surface area contributed by atoms with Crippen molar-refractivity contribution in [2.75, 3.05) is 11.9 Å². The zero-order valence-electron chi connectivity index (χ0n) is 13.9. The zero-order chi connectivity index (χ0) is 18.2.